The highest BCUT2D eigenvalue weighted by Gasteiger charge is 2.12. The molecule has 0 saturated carbocycles. The van der Waals surface area contributed by atoms with Crippen molar-refractivity contribution < 1.29 is 13.9 Å². The fourth-order valence-electron chi connectivity index (χ4n) is 2.40. The first-order chi connectivity index (χ1) is 13.1. The van der Waals surface area contributed by atoms with Gasteiger partial charge in [0.05, 0.1) is 7.11 Å². The van der Waals surface area contributed by atoms with Gasteiger partial charge in [-0.2, -0.15) is 5.26 Å². The Hall–Kier alpha value is -3.43. The third-order valence-electron chi connectivity index (χ3n) is 3.77. The summed E-state index contributed by atoms with van der Waals surface area (Å²) in [6, 6.07) is 18.7. The summed E-state index contributed by atoms with van der Waals surface area (Å²) in [4.78, 5) is 13.8. The lowest BCUT2D eigenvalue weighted by Crippen LogP contribution is -2.13. The normalized spacial score (nSPS) is 10.9. The molecule has 0 aliphatic carbocycles. The highest BCUT2D eigenvalue weighted by molar-refractivity contribution is 7.16. The number of thiophene rings is 1. The van der Waals surface area contributed by atoms with Crippen molar-refractivity contribution in [2.45, 2.75) is 0 Å². The minimum atomic E-state index is -0.511. The molecule has 0 radical (unpaired) electrons. The number of ether oxygens (including phenoxy) is 1. The summed E-state index contributed by atoms with van der Waals surface area (Å²) >= 11 is 1.31. The van der Waals surface area contributed by atoms with Crippen molar-refractivity contribution in [2.75, 3.05) is 12.4 Å². The van der Waals surface area contributed by atoms with Crippen LogP contribution in [0.1, 0.15) is 4.88 Å². The van der Waals surface area contributed by atoms with E-state index in [2.05, 4.69) is 5.32 Å². The summed E-state index contributed by atoms with van der Waals surface area (Å²) in [7, 11) is 1.56. The number of rotatable bonds is 5. The van der Waals surface area contributed by atoms with Crippen LogP contribution in [0.25, 0.3) is 16.5 Å². The van der Waals surface area contributed by atoms with Gasteiger partial charge >= 0.3 is 0 Å². The van der Waals surface area contributed by atoms with E-state index in [0.29, 0.717) is 21.9 Å². The standard InChI is InChI=1S/C21H15FN2O2S/c1-26-16-8-6-15(7-9-16)24-21(25)14(13-23)12-17-10-11-20(27-17)18-4-2-3-5-19(18)22/h2-12H,1H3,(H,24,25)/b14-12+. The number of nitriles is 1. The van der Waals surface area contributed by atoms with E-state index < -0.39 is 5.91 Å². The Morgan fingerprint density at radius 3 is 2.56 bits per heavy atom. The van der Waals surface area contributed by atoms with E-state index in [1.54, 1.807) is 61.7 Å². The van der Waals surface area contributed by atoms with Gasteiger partial charge in [-0.15, -0.1) is 11.3 Å². The first-order valence-corrected chi connectivity index (χ1v) is 8.84. The Morgan fingerprint density at radius 1 is 1.15 bits per heavy atom. The molecule has 0 saturated heterocycles. The van der Waals surface area contributed by atoms with E-state index in [9.17, 15) is 14.4 Å². The number of nitrogens with one attached hydrogen (secondary N) is 1. The molecular weight excluding hydrogens is 363 g/mol. The average Bonchev–Trinajstić information content (AvgIpc) is 3.15. The lowest BCUT2D eigenvalue weighted by Gasteiger charge is -2.05. The molecule has 6 heteroatoms. The van der Waals surface area contributed by atoms with Crippen LogP contribution in [-0.2, 0) is 4.79 Å². The summed E-state index contributed by atoms with van der Waals surface area (Å²) in [5.41, 5.74) is 1.01. The van der Waals surface area contributed by atoms with Crippen LogP contribution in [0.2, 0.25) is 0 Å². The second-order valence-electron chi connectivity index (χ2n) is 5.53. The molecule has 0 spiro atoms. The largest absolute Gasteiger partial charge is 0.497 e. The van der Waals surface area contributed by atoms with Gasteiger partial charge in [0.25, 0.3) is 5.91 Å². The molecule has 1 aromatic heterocycles. The van der Waals surface area contributed by atoms with E-state index in [1.807, 2.05) is 6.07 Å². The van der Waals surface area contributed by atoms with Crippen molar-refractivity contribution in [1.82, 2.24) is 0 Å². The minimum Gasteiger partial charge on any atom is -0.497 e. The van der Waals surface area contributed by atoms with Gasteiger partial charge in [-0.3, -0.25) is 4.79 Å². The molecule has 2 aromatic carbocycles. The Kier molecular flexibility index (Phi) is 5.64. The van der Waals surface area contributed by atoms with Gasteiger partial charge in [0, 0.05) is 21.0 Å². The highest BCUT2D eigenvalue weighted by atomic mass is 32.1. The van der Waals surface area contributed by atoms with Crippen molar-refractivity contribution in [3.63, 3.8) is 0 Å². The number of nitrogens with zero attached hydrogens (tertiary/aromatic N) is 1. The van der Waals surface area contributed by atoms with Crippen molar-refractivity contribution >= 4 is 29.0 Å². The summed E-state index contributed by atoms with van der Waals surface area (Å²) in [6.45, 7) is 0. The van der Waals surface area contributed by atoms with Gasteiger partial charge in [-0.1, -0.05) is 18.2 Å². The zero-order chi connectivity index (χ0) is 19.2. The van der Waals surface area contributed by atoms with E-state index >= 15 is 0 Å². The topological polar surface area (TPSA) is 62.1 Å². The van der Waals surface area contributed by atoms with Crippen LogP contribution in [0.15, 0.2) is 66.2 Å². The summed E-state index contributed by atoms with van der Waals surface area (Å²) < 4.78 is 19.0. The summed E-state index contributed by atoms with van der Waals surface area (Å²) in [6.07, 6.45) is 1.49. The molecule has 4 nitrogen and oxygen atoms in total. The molecule has 1 heterocycles. The molecule has 0 unspecified atom stereocenters. The first-order valence-electron chi connectivity index (χ1n) is 8.02. The summed E-state index contributed by atoms with van der Waals surface area (Å²) in [5, 5.41) is 12.0. The number of hydrogen-bond acceptors (Lipinski definition) is 4. The van der Waals surface area contributed by atoms with Crippen LogP contribution in [0.3, 0.4) is 0 Å². The molecule has 27 heavy (non-hydrogen) atoms. The number of methoxy groups -OCH3 is 1. The van der Waals surface area contributed by atoms with Gasteiger partial charge in [-0.25, -0.2) is 4.39 Å². The molecule has 3 rings (SSSR count). The number of anilines is 1. The van der Waals surface area contributed by atoms with Crippen LogP contribution in [0.4, 0.5) is 10.1 Å². The van der Waals surface area contributed by atoms with Crippen LogP contribution in [-0.4, -0.2) is 13.0 Å². The fraction of sp³-hybridized carbons (Fsp3) is 0.0476. The number of amides is 1. The number of carbonyl (C=O) groups is 1. The molecule has 1 N–H and O–H groups in total. The molecule has 3 aromatic rings. The van der Waals surface area contributed by atoms with Gasteiger partial charge in [-0.05, 0) is 48.5 Å². The number of benzene rings is 2. The van der Waals surface area contributed by atoms with E-state index in [4.69, 9.17) is 4.74 Å². The third-order valence-corrected chi connectivity index (χ3v) is 4.83. The number of hydrogen-bond donors (Lipinski definition) is 1. The lowest BCUT2D eigenvalue weighted by atomic mass is 10.2. The fourth-order valence-corrected chi connectivity index (χ4v) is 3.38. The second kappa shape index (κ2) is 8.30. The third kappa shape index (κ3) is 4.40. The highest BCUT2D eigenvalue weighted by Crippen LogP contribution is 2.31. The molecule has 0 bridgehead atoms. The van der Waals surface area contributed by atoms with Crippen molar-refractivity contribution in [3.05, 3.63) is 76.9 Å². The lowest BCUT2D eigenvalue weighted by molar-refractivity contribution is -0.112. The summed E-state index contributed by atoms with van der Waals surface area (Å²) in [5.74, 6) is -0.153. The maximum absolute atomic E-state index is 13.9. The first kappa shape index (κ1) is 18.4. The van der Waals surface area contributed by atoms with Gasteiger partial charge in [0.1, 0.15) is 23.2 Å². The number of carbonyl (C=O) groups excluding carboxylic acids is 1. The Bertz CT molecular complexity index is 1030. The predicted molar refractivity (Wildman–Crippen MR) is 105 cm³/mol. The van der Waals surface area contributed by atoms with Crippen molar-refractivity contribution in [2.24, 2.45) is 0 Å². The average molecular weight is 378 g/mol. The van der Waals surface area contributed by atoms with Gasteiger partial charge < -0.3 is 10.1 Å². The van der Waals surface area contributed by atoms with Gasteiger partial charge in [0.2, 0.25) is 0 Å². The Labute approximate surface area is 160 Å². The smallest absolute Gasteiger partial charge is 0.266 e. The zero-order valence-corrected chi connectivity index (χ0v) is 15.2. The Morgan fingerprint density at radius 2 is 1.89 bits per heavy atom. The van der Waals surface area contributed by atoms with E-state index in [0.717, 1.165) is 4.88 Å². The quantitative estimate of drug-likeness (QED) is 0.496. The molecular formula is C21H15FN2O2S. The molecule has 0 aliphatic heterocycles. The molecule has 1 amide bonds. The predicted octanol–water partition coefficient (Wildman–Crippen LogP) is 5.11. The molecule has 0 aliphatic rings. The monoisotopic (exact) mass is 378 g/mol. The van der Waals surface area contributed by atoms with Crippen LogP contribution in [0, 0.1) is 17.1 Å². The maximum atomic E-state index is 13.9. The SMILES string of the molecule is COc1ccc(NC(=O)/C(C#N)=C/c2ccc(-c3ccccc3F)s2)cc1. The molecule has 134 valence electrons. The maximum Gasteiger partial charge on any atom is 0.266 e. The second-order valence-corrected chi connectivity index (χ2v) is 6.65. The van der Waals surface area contributed by atoms with Crippen molar-refractivity contribution in [3.8, 4) is 22.3 Å². The number of halogens is 1. The molecule has 0 fully saturated rings. The van der Waals surface area contributed by atoms with Crippen molar-refractivity contribution in [1.29, 1.82) is 5.26 Å². The van der Waals surface area contributed by atoms with E-state index in [1.165, 1.54) is 23.5 Å². The van der Waals surface area contributed by atoms with Crippen LogP contribution in [0.5, 0.6) is 5.75 Å². The van der Waals surface area contributed by atoms with E-state index in [-0.39, 0.29) is 11.4 Å². The zero-order valence-electron chi connectivity index (χ0n) is 14.4. The Balaban J connectivity index is 1.79. The van der Waals surface area contributed by atoms with Gasteiger partial charge in [0.15, 0.2) is 0 Å². The minimum absolute atomic E-state index is 0.0345. The van der Waals surface area contributed by atoms with Crippen LogP contribution >= 0.6 is 11.3 Å². The molecule has 0 atom stereocenters. The van der Waals surface area contributed by atoms with Crippen LogP contribution < -0.4 is 10.1 Å².